The molecule has 26 heavy (non-hydrogen) atoms. The molecule has 0 bridgehead atoms. The second kappa shape index (κ2) is 7.62. The van der Waals surface area contributed by atoms with Crippen molar-refractivity contribution < 1.29 is 23.0 Å². The van der Waals surface area contributed by atoms with Crippen LogP contribution in [-0.4, -0.2) is 33.3 Å². The maximum Gasteiger partial charge on any atom is 0.242 e. The van der Waals surface area contributed by atoms with E-state index in [1.807, 2.05) is 0 Å². The van der Waals surface area contributed by atoms with Crippen LogP contribution in [0, 0.1) is 6.92 Å². The van der Waals surface area contributed by atoms with Crippen LogP contribution in [0.5, 0.6) is 11.5 Å². The summed E-state index contributed by atoms with van der Waals surface area (Å²) >= 11 is 11.9. The molecule has 6 nitrogen and oxygen atoms in total. The van der Waals surface area contributed by atoms with Gasteiger partial charge < -0.3 is 14.6 Å². The van der Waals surface area contributed by atoms with Crippen LogP contribution in [0.25, 0.3) is 0 Å². The monoisotopic (exact) mass is 417 g/mol. The fourth-order valence-corrected chi connectivity index (χ4v) is 4.36. The third kappa shape index (κ3) is 4.07. The van der Waals surface area contributed by atoms with Crippen molar-refractivity contribution in [1.29, 1.82) is 0 Å². The minimum absolute atomic E-state index is 0.0157. The summed E-state index contributed by atoms with van der Waals surface area (Å²) in [5, 5.41) is 10.7. The van der Waals surface area contributed by atoms with Crippen LogP contribution < -0.4 is 14.2 Å². The Labute approximate surface area is 161 Å². The van der Waals surface area contributed by atoms with Gasteiger partial charge in [-0.25, -0.2) is 13.1 Å². The number of aryl methyl sites for hydroxylation is 1. The van der Waals surface area contributed by atoms with Crippen LogP contribution >= 0.6 is 23.2 Å². The molecule has 9 heteroatoms. The number of nitrogens with one attached hydrogen (secondary N) is 1. The number of rotatable bonds is 5. The maximum absolute atomic E-state index is 12.5. The summed E-state index contributed by atoms with van der Waals surface area (Å²) in [4.78, 5) is -0.0876. The SMILES string of the molecule is Cc1cc(S(=O)(=O)NC[C@@H](O)c2ccc3c(c2)OCCO3)c(Cl)cc1Cl. The summed E-state index contributed by atoms with van der Waals surface area (Å²) in [6, 6.07) is 7.74. The molecule has 1 atom stereocenters. The Kier molecular flexibility index (Phi) is 5.64. The molecule has 2 aromatic rings. The smallest absolute Gasteiger partial charge is 0.242 e. The van der Waals surface area contributed by atoms with Crippen LogP contribution in [0.15, 0.2) is 35.2 Å². The zero-order valence-electron chi connectivity index (χ0n) is 13.8. The third-order valence-corrected chi connectivity index (χ3v) is 6.22. The number of halogens is 2. The van der Waals surface area contributed by atoms with Crippen LogP contribution in [0.2, 0.25) is 10.0 Å². The van der Waals surface area contributed by atoms with E-state index in [9.17, 15) is 13.5 Å². The molecule has 0 amide bonds. The molecule has 2 N–H and O–H groups in total. The molecule has 1 heterocycles. The molecule has 0 unspecified atom stereocenters. The zero-order valence-corrected chi connectivity index (χ0v) is 16.2. The van der Waals surface area contributed by atoms with Gasteiger partial charge >= 0.3 is 0 Å². The molecule has 0 saturated carbocycles. The Morgan fingerprint density at radius 2 is 1.81 bits per heavy atom. The average Bonchev–Trinajstić information content (AvgIpc) is 2.62. The summed E-state index contributed by atoms with van der Waals surface area (Å²) in [5.74, 6) is 1.11. The van der Waals surface area contributed by atoms with Crippen molar-refractivity contribution in [3.8, 4) is 11.5 Å². The van der Waals surface area contributed by atoms with Crippen molar-refractivity contribution in [2.75, 3.05) is 19.8 Å². The molecule has 0 aromatic heterocycles. The molecule has 0 radical (unpaired) electrons. The first kappa shape index (κ1) is 19.3. The average molecular weight is 418 g/mol. The lowest BCUT2D eigenvalue weighted by Gasteiger charge is -2.20. The fraction of sp³-hybridized carbons (Fsp3) is 0.294. The van der Waals surface area contributed by atoms with Crippen molar-refractivity contribution in [3.05, 3.63) is 51.5 Å². The number of ether oxygens (including phenoxy) is 2. The van der Waals surface area contributed by atoms with E-state index in [2.05, 4.69) is 4.72 Å². The van der Waals surface area contributed by atoms with E-state index in [4.69, 9.17) is 32.7 Å². The van der Waals surface area contributed by atoms with Gasteiger partial charge in [-0.2, -0.15) is 0 Å². The normalized spacial score (nSPS) is 14.9. The number of aliphatic hydroxyl groups excluding tert-OH is 1. The molecular weight excluding hydrogens is 401 g/mol. The number of aliphatic hydroxyl groups is 1. The van der Waals surface area contributed by atoms with Gasteiger partial charge in [0, 0.05) is 11.6 Å². The highest BCUT2D eigenvalue weighted by atomic mass is 35.5. The number of sulfonamides is 1. The highest BCUT2D eigenvalue weighted by Gasteiger charge is 2.22. The van der Waals surface area contributed by atoms with Gasteiger partial charge in [0.15, 0.2) is 11.5 Å². The van der Waals surface area contributed by atoms with Crippen LogP contribution in [0.3, 0.4) is 0 Å². The molecule has 0 saturated heterocycles. The maximum atomic E-state index is 12.5. The summed E-state index contributed by atoms with van der Waals surface area (Å²) in [5.41, 5.74) is 1.10. The van der Waals surface area contributed by atoms with Crippen LogP contribution in [0.4, 0.5) is 0 Å². The fourth-order valence-electron chi connectivity index (χ4n) is 2.49. The van der Waals surface area contributed by atoms with E-state index in [0.717, 1.165) is 0 Å². The largest absolute Gasteiger partial charge is 0.486 e. The van der Waals surface area contributed by atoms with Crippen molar-refractivity contribution in [2.24, 2.45) is 0 Å². The lowest BCUT2D eigenvalue weighted by Crippen LogP contribution is -2.29. The third-order valence-electron chi connectivity index (χ3n) is 3.92. The molecule has 2 aromatic carbocycles. The van der Waals surface area contributed by atoms with Gasteiger partial charge in [0.05, 0.1) is 11.1 Å². The number of benzene rings is 2. The molecule has 0 spiro atoms. The Morgan fingerprint density at radius 1 is 1.12 bits per heavy atom. The highest BCUT2D eigenvalue weighted by Crippen LogP contribution is 2.33. The van der Waals surface area contributed by atoms with Crippen LogP contribution in [0.1, 0.15) is 17.2 Å². The van der Waals surface area contributed by atoms with Gasteiger partial charge in [0.1, 0.15) is 18.1 Å². The highest BCUT2D eigenvalue weighted by molar-refractivity contribution is 7.89. The lowest BCUT2D eigenvalue weighted by molar-refractivity contribution is 0.165. The molecule has 1 aliphatic rings. The van der Waals surface area contributed by atoms with Crippen molar-refractivity contribution >= 4 is 33.2 Å². The van der Waals surface area contributed by atoms with Crippen molar-refractivity contribution in [3.63, 3.8) is 0 Å². The number of hydrogen-bond acceptors (Lipinski definition) is 5. The van der Waals surface area contributed by atoms with Crippen molar-refractivity contribution in [2.45, 2.75) is 17.9 Å². The second-order valence-corrected chi connectivity index (χ2v) is 8.35. The quantitative estimate of drug-likeness (QED) is 0.780. The van der Waals surface area contributed by atoms with Crippen LogP contribution in [-0.2, 0) is 10.0 Å². The Hall–Kier alpha value is -1.51. The first-order chi connectivity index (χ1) is 12.3. The van der Waals surface area contributed by atoms with E-state index in [1.165, 1.54) is 12.1 Å². The Balaban J connectivity index is 1.74. The molecule has 1 aliphatic heterocycles. The van der Waals surface area contributed by atoms with Gasteiger partial charge in [-0.1, -0.05) is 29.3 Å². The molecule has 140 valence electrons. The van der Waals surface area contributed by atoms with Gasteiger partial charge in [0.2, 0.25) is 10.0 Å². The predicted octanol–water partition coefficient (Wildman–Crippen LogP) is 3.08. The standard InChI is InChI=1S/C17H17Cl2NO5S/c1-10-6-17(13(19)8-12(10)18)26(22,23)20-9-14(21)11-2-3-15-16(7-11)25-5-4-24-15/h2-3,6-8,14,20-21H,4-5,9H2,1H3/t14-/m1/s1. The van der Waals surface area contributed by atoms with Gasteiger partial charge in [-0.15, -0.1) is 0 Å². The topological polar surface area (TPSA) is 84.9 Å². The number of fused-ring (bicyclic) bond motifs is 1. The van der Waals surface area contributed by atoms with E-state index >= 15 is 0 Å². The lowest BCUT2D eigenvalue weighted by atomic mass is 10.1. The van der Waals surface area contributed by atoms with Gasteiger partial charge in [-0.05, 0) is 42.3 Å². The first-order valence-corrected chi connectivity index (χ1v) is 10.0. The summed E-state index contributed by atoms with van der Waals surface area (Å²) in [7, 11) is -3.91. The first-order valence-electron chi connectivity index (χ1n) is 7.81. The Bertz CT molecular complexity index is 933. The summed E-state index contributed by atoms with van der Waals surface area (Å²) < 4.78 is 38.2. The molecule has 3 rings (SSSR count). The van der Waals surface area contributed by atoms with E-state index in [1.54, 1.807) is 25.1 Å². The van der Waals surface area contributed by atoms with E-state index in [0.29, 0.717) is 40.9 Å². The minimum Gasteiger partial charge on any atom is -0.486 e. The zero-order chi connectivity index (χ0) is 18.9. The number of hydrogen-bond donors (Lipinski definition) is 2. The van der Waals surface area contributed by atoms with E-state index < -0.39 is 16.1 Å². The van der Waals surface area contributed by atoms with E-state index in [-0.39, 0.29) is 16.5 Å². The minimum atomic E-state index is -3.91. The second-order valence-electron chi connectivity index (χ2n) is 5.80. The summed E-state index contributed by atoms with van der Waals surface area (Å²) in [6.45, 7) is 2.35. The summed E-state index contributed by atoms with van der Waals surface area (Å²) in [6.07, 6.45) is -1.06. The molecular formula is C17H17Cl2NO5S. The van der Waals surface area contributed by atoms with Gasteiger partial charge in [0.25, 0.3) is 0 Å². The molecule has 0 aliphatic carbocycles. The predicted molar refractivity (Wildman–Crippen MR) is 98.8 cm³/mol. The Morgan fingerprint density at radius 3 is 2.54 bits per heavy atom. The van der Waals surface area contributed by atoms with Crippen molar-refractivity contribution in [1.82, 2.24) is 4.72 Å². The molecule has 0 fully saturated rings. The van der Waals surface area contributed by atoms with Gasteiger partial charge in [-0.3, -0.25) is 0 Å².